The molecule has 3 aromatic carbocycles. The van der Waals surface area contributed by atoms with Crippen molar-refractivity contribution in [3.8, 4) is 0 Å². The molecule has 1 amide bonds. The molecule has 0 fully saturated rings. The van der Waals surface area contributed by atoms with E-state index in [1.165, 1.54) is 0 Å². The molecule has 0 saturated carbocycles. The number of carbonyl (C=O) groups is 1. The van der Waals surface area contributed by atoms with Gasteiger partial charge in [0.1, 0.15) is 5.58 Å². The topological polar surface area (TPSA) is 50.5 Å². The van der Waals surface area contributed by atoms with Crippen LogP contribution in [0.5, 0.6) is 0 Å². The van der Waals surface area contributed by atoms with Gasteiger partial charge in [-0.25, -0.2) is 0 Å². The number of amides is 1. The van der Waals surface area contributed by atoms with E-state index in [2.05, 4.69) is 31.9 Å². The van der Waals surface area contributed by atoms with Crippen molar-refractivity contribution >= 4 is 48.7 Å². The summed E-state index contributed by atoms with van der Waals surface area (Å²) in [6, 6.07) is 22.5. The van der Waals surface area contributed by atoms with Gasteiger partial charge in [0.2, 0.25) is 5.76 Å². The zero-order valence-corrected chi connectivity index (χ0v) is 19.5. The minimum Gasteiger partial charge on any atom is -0.450 e. The molecule has 0 bridgehead atoms. The SMILES string of the molecule is O=C1c2oc3ccc(Br)cc3c(=O)c2C(c2cccc(Br)c2)N1CCc1ccccc1. The second-order valence-corrected chi connectivity index (χ2v) is 9.34. The van der Waals surface area contributed by atoms with Gasteiger partial charge in [-0.3, -0.25) is 9.59 Å². The predicted molar refractivity (Wildman–Crippen MR) is 127 cm³/mol. The molecule has 1 unspecified atom stereocenters. The predicted octanol–water partition coefficient (Wildman–Crippen LogP) is 6.11. The largest absolute Gasteiger partial charge is 0.450 e. The molecule has 4 nitrogen and oxygen atoms in total. The standard InChI is InChI=1S/C25H17Br2NO3/c26-17-8-4-7-16(13-17)22-21-23(29)19-14-18(27)9-10-20(19)31-24(21)25(30)28(22)12-11-15-5-2-1-3-6-15/h1-10,13-14,22H,11-12H2. The first-order chi connectivity index (χ1) is 15.0. The lowest BCUT2D eigenvalue weighted by molar-refractivity contribution is 0.0730. The molecule has 2 heterocycles. The Bertz CT molecular complexity index is 1360. The number of carbonyl (C=O) groups excluding carboxylic acids is 1. The Kier molecular flexibility index (Phi) is 5.28. The zero-order valence-electron chi connectivity index (χ0n) is 16.3. The second-order valence-electron chi connectivity index (χ2n) is 7.51. The van der Waals surface area contributed by atoms with Crippen molar-refractivity contribution in [3.63, 3.8) is 0 Å². The number of halogens is 2. The van der Waals surface area contributed by atoms with Gasteiger partial charge in [-0.2, -0.15) is 0 Å². The van der Waals surface area contributed by atoms with Crippen molar-refractivity contribution in [2.75, 3.05) is 6.54 Å². The van der Waals surface area contributed by atoms with E-state index in [4.69, 9.17) is 4.42 Å². The molecule has 31 heavy (non-hydrogen) atoms. The molecule has 0 spiro atoms. The van der Waals surface area contributed by atoms with Crippen LogP contribution >= 0.6 is 31.9 Å². The van der Waals surface area contributed by atoms with Crippen LogP contribution < -0.4 is 5.43 Å². The highest BCUT2D eigenvalue weighted by Crippen LogP contribution is 2.39. The highest BCUT2D eigenvalue weighted by Gasteiger charge is 2.42. The molecule has 0 aliphatic carbocycles. The lowest BCUT2D eigenvalue weighted by atomic mass is 9.98. The van der Waals surface area contributed by atoms with E-state index in [1.54, 1.807) is 23.1 Å². The van der Waals surface area contributed by atoms with Crippen molar-refractivity contribution in [1.29, 1.82) is 0 Å². The van der Waals surface area contributed by atoms with Crippen LogP contribution in [0.25, 0.3) is 11.0 Å². The van der Waals surface area contributed by atoms with Gasteiger partial charge in [0.15, 0.2) is 5.43 Å². The summed E-state index contributed by atoms with van der Waals surface area (Å²) in [5.41, 5.74) is 2.65. The Morgan fingerprint density at radius 1 is 0.871 bits per heavy atom. The molecule has 1 aliphatic heterocycles. The first kappa shape index (κ1) is 20.2. The van der Waals surface area contributed by atoms with Gasteiger partial charge in [-0.1, -0.05) is 74.3 Å². The second kappa shape index (κ2) is 8.09. The van der Waals surface area contributed by atoms with Gasteiger partial charge in [0.25, 0.3) is 5.91 Å². The lowest BCUT2D eigenvalue weighted by Crippen LogP contribution is -2.31. The zero-order chi connectivity index (χ0) is 21.5. The third-order valence-electron chi connectivity index (χ3n) is 5.58. The summed E-state index contributed by atoms with van der Waals surface area (Å²) in [5, 5.41) is 0.464. The fourth-order valence-electron chi connectivity index (χ4n) is 4.14. The van der Waals surface area contributed by atoms with Crippen LogP contribution in [0.15, 0.2) is 91.0 Å². The number of fused-ring (bicyclic) bond motifs is 2. The smallest absolute Gasteiger partial charge is 0.290 e. The van der Waals surface area contributed by atoms with Crippen molar-refractivity contribution < 1.29 is 9.21 Å². The number of nitrogens with zero attached hydrogens (tertiary/aromatic N) is 1. The summed E-state index contributed by atoms with van der Waals surface area (Å²) in [6.45, 7) is 0.476. The average Bonchev–Trinajstić information content (AvgIpc) is 3.05. The van der Waals surface area contributed by atoms with Crippen molar-refractivity contribution in [1.82, 2.24) is 4.90 Å². The summed E-state index contributed by atoms with van der Waals surface area (Å²) < 4.78 is 7.67. The van der Waals surface area contributed by atoms with Gasteiger partial charge < -0.3 is 9.32 Å². The molecule has 1 atom stereocenters. The van der Waals surface area contributed by atoms with Crippen LogP contribution in [0, 0.1) is 0 Å². The molecule has 1 aliphatic rings. The summed E-state index contributed by atoms with van der Waals surface area (Å²) in [4.78, 5) is 28.7. The van der Waals surface area contributed by atoms with E-state index >= 15 is 0 Å². The minimum atomic E-state index is -0.497. The highest BCUT2D eigenvalue weighted by molar-refractivity contribution is 9.10. The van der Waals surface area contributed by atoms with E-state index in [-0.39, 0.29) is 17.1 Å². The molecular formula is C25H17Br2NO3. The van der Waals surface area contributed by atoms with Crippen LogP contribution in [0.2, 0.25) is 0 Å². The minimum absolute atomic E-state index is 0.137. The third-order valence-corrected chi connectivity index (χ3v) is 6.56. The highest BCUT2D eigenvalue weighted by atomic mass is 79.9. The Morgan fingerprint density at radius 3 is 2.42 bits per heavy atom. The van der Waals surface area contributed by atoms with Gasteiger partial charge in [0.05, 0.1) is 17.0 Å². The summed E-state index contributed by atoms with van der Waals surface area (Å²) in [7, 11) is 0. The van der Waals surface area contributed by atoms with E-state index in [0.717, 1.165) is 20.1 Å². The maximum Gasteiger partial charge on any atom is 0.290 e. The Morgan fingerprint density at radius 2 is 1.65 bits per heavy atom. The summed E-state index contributed by atoms with van der Waals surface area (Å²) >= 11 is 6.94. The quantitative estimate of drug-likeness (QED) is 0.315. The first-order valence-corrected chi connectivity index (χ1v) is 11.5. The fraction of sp³-hybridized carbons (Fsp3) is 0.120. The molecule has 0 N–H and O–H groups in total. The Balaban J connectivity index is 1.67. The molecule has 6 heteroatoms. The monoisotopic (exact) mass is 537 g/mol. The van der Waals surface area contributed by atoms with Crippen molar-refractivity contribution in [2.24, 2.45) is 0 Å². The molecule has 4 aromatic rings. The van der Waals surface area contributed by atoms with Gasteiger partial charge in [-0.15, -0.1) is 0 Å². The molecule has 0 saturated heterocycles. The molecule has 5 rings (SSSR count). The van der Waals surface area contributed by atoms with Gasteiger partial charge in [-0.05, 0) is 47.9 Å². The van der Waals surface area contributed by atoms with Crippen LogP contribution in [-0.4, -0.2) is 17.4 Å². The van der Waals surface area contributed by atoms with E-state index in [9.17, 15) is 9.59 Å². The van der Waals surface area contributed by atoms with Gasteiger partial charge in [0, 0.05) is 15.5 Å². The molecular weight excluding hydrogens is 522 g/mol. The van der Waals surface area contributed by atoms with Crippen molar-refractivity contribution in [3.05, 3.63) is 114 Å². The maximum atomic E-state index is 13.5. The van der Waals surface area contributed by atoms with E-state index in [0.29, 0.717) is 29.5 Å². The van der Waals surface area contributed by atoms with Gasteiger partial charge >= 0.3 is 0 Å². The van der Waals surface area contributed by atoms with E-state index < -0.39 is 6.04 Å². The number of benzene rings is 3. The van der Waals surface area contributed by atoms with Crippen LogP contribution in [-0.2, 0) is 6.42 Å². The first-order valence-electron chi connectivity index (χ1n) is 9.89. The van der Waals surface area contributed by atoms with Crippen LogP contribution in [0.3, 0.4) is 0 Å². The number of hydrogen-bond donors (Lipinski definition) is 0. The number of rotatable bonds is 4. The Hall–Kier alpha value is -2.70. The number of hydrogen-bond acceptors (Lipinski definition) is 3. The summed E-state index contributed by atoms with van der Waals surface area (Å²) in [5.74, 6) is -0.115. The van der Waals surface area contributed by atoms with Crippen LogP contribution in [0.4, 0.5) is 0 Å². The summed E-state index contributed by atoms with van der Waals surface area (Å²) in [6.07, 6.45) is 0.685. The normalized spacial score (nSPS) is 15.5. The maximum absolute atomic E-state index is 13.5. The molecule has 0 radical (unpaired) electrons. The average molecular weight is 539 g/mol. The fourth-order valence-corrected chi connectivity index (χ4v) is 4.92. The van der Waals surface area contributed by atoms with Crippen LogP contribution in [0.1, 0.15) is 33.3 Å². The van der Waals surface area contributed by atoms with Crippen molar-refractivity contribution in [2.45, 2.75) is 12.5 Å². The third kappa shape index (κ3) is 3.64. The van der Waals surface area contributed by atoms with E-state index in [1.807, 2.05) is 54.6 Å². The molecule has 154 valence electrons. The lowest BCUT2D eigenvalue weighted by Gasteiger charge is -2.25. The molecule has 1 aromatic heterocycles. The Labute approximate surface area is 195 Å².